The van der Waals surface area contributed by atoms with Gasteiger partial charge < -0.3 is 4.74 Å². The molecule has 0 radical (unpaired) electrons. The van der Waals surface area contributed by atoms with Crippen molar-refractivity contribution in [1.29, 1.82) is 0 Å². The standard InChI is InChI=1S/C22H23NO5S/c1-13-9-11-14(12-10-13)29(26,27)20-18-16-8-6-5-7-15(16)17(19(20)24)23(18)21(25)28-22(2,3)4/h5-12,17-18,20H,1-4H3. The van der Waals surface area contributed by atoms with E-state index < -0.39 is 44.6 Å². The molecule has 3 atom stereocenters. The molecule has 7 heteroatoms. The number of benzene rings is 2. The number of ether oxygens (including phenoxy) is 1. The number of sulfone groups is 1. The zero-order valence-corrected chi connectivity index (χ0v) is 17.6. The summed E-state index contributed by atoms with van der Waals surface area (Å²) in [5.74, 6) is -0.486. The van der Waals surface area contributed by atoms with Gasteiger partial charge in [0.05, 0.1) is 10.9 Å². The molecule has 152 valence electrons. The summed E-state index contributed by atoms with van der Waals surface area (Å²) in [6, 6.07) is 11.7. The van der Waals surface area contributed by atoms with Crippen LogP contribution >= 0.6 is 0 Å². The second-order valence-electron chi connectivity index (χ2n) is 8.54. The van der Waals surface area contributed by atoms with Crippen LogP contribution in [0.2, 0.25) is 0 Å². The quantitative estimate of drug-likeness (QED) is 0.749. The predicted octanol–water partition coefficient (Wildman–Crippen LogP) is 3.75. The lowest BCUT2D eigenvalue weighted by Gasteiger charge is -2.27. The second kappa shape index (κ2) is 6.42. The Morgan fingerprint density at radius 1 is 1.00 bits per heavy atom. The van der Waals surface area contributed by atoms with Gasteiger partial charge in [0.2, 0.25) is 0 Å². The fraction of sp³-hybridized carbons (Fsp3) is 0.364. The first-order valence-corrected chi connectivity index (χ1v) is 11.0. The normalized spacial score (nSPS) is 23.2. The van der Waals surface area contributed by atoms with Crippen molar-refractivity contribution in [1.82, 2.24) is 4.90 Å². The molecule has 6 nitrogen and oxygen atoms in total. The summed E-state index contributed by atoms with van der Waals surface area (Å²) in [6.45, 7) is 7.06. The SMILES string of the molecule is Cc1ccc(S(=O)(=O)C2C(=O)C3c4ccccc4C2N3C(=O)OC(C)(C)C)cc1. The van der Waals surface area contributed by atoms with Crippen molar-refractivity contribution in [2.24, 2.45) is 0 Å². The highest BCUT2D eigenvalue weighted by Gasteiger charge is 2.63. The van der Waals surface area contributed by atoms with Crippen LogP contribution in [0, 0.1) is 6.92 Å². The van der Waals surface area contributed by atoms with Gasteiger partial charge in [-0.25, -0.2) is 13.2 Å². The molecule has 2 heterocycles. The first-order chi connectivity index (χ1) is 13.5. The van der Waals surface area contributed by atoms with Gasteiger partial charge in [-0.1, -0.05) is 42.0 Å². The monoisotopic (exact) mass is 413 g/mol. The third-order valence-electron chi connectivity index (χ3n) is 5.31. The lowest BCUT2D eigenvalue weighted by molar-refractivity contribution is -0.119. The van der Waals surface area contributed by atoms with E-state index in [-0.39, 0.29) is 4.90 Å². The van der Waals surface area contributed by atoms with Gasteiger partial charge in [0, 0.05) is 0 Å². The van der Waals surface area contributed by atoms with Crippen molar-refractivity contribution in [2.75, 3.05) is 0 Å². The number of nitrogens with zero attached hydrogens (tertiary/aromatic N) is 1. The molecule has 0 N–H and O–H groups in total. The number of fused-ring (bicyclic) bond motifs is 5. The number of ketones is 1. The van der Waals surface area contributed by atoms with Crippen LogP contribution in [-0.2, 0) is 19.4 Å². The smallest absolute Gasteiger partial charge is 0.411 e. The summed E-state index contributed by atoms with van der Waals surface area (Å²) in [7, 11) is -3.99. The Morgan fingerprint density at radius 3 is 2.17 bits per heavy atom. The molecule has 2 bridgehead atoms. The molecule has 1 amide bonds. The van der Waals surface area contributed by atoms with Crippen LogP contribution < -0.4 is 0 Å². The molecule has 1 saturated heterocycles. The van der Waals surface area contributed by atoms with E-state index in [2.05, 4.69) is 0 Å². The van der Waals surface area contributed by atoms with Crippen molar-refractivity contribution in [3.63, 3.8) is 0 Å². The Hall–Kier alpha value is -2.67. The number of hydrogen-bond acceptors (Lipinski definition) is 5. The van der Waals surface area contributed by atoms with Crippen LogP contribution in [0.5, 0.6) is 0 Å². The van der Waals surface area contributed by atoms with Crippen LogP contribution in [0.4, 0.5) is 4.79 Å². The fourth-order valence-corrected chi connectivity index (χ4v) is 5.99. The molecule has 2 aromatic rings. The van der Waals surface area contributed by atoms with E-state index in [4.69, 9.17) is 4.74 Å². The first-order valence-electron chi connectivity index (χ1n) is 9.47. The van der Waals surface area contributed by atoms with Crippen LogP contribution in [0.3, 0.4) is 0 Å². The number of hydrogen-bond donors (Lipinski definition) is 0. The zero-order chi connectivity index (χ0) is 21.1. The molecular formula is C22H23NO5S. The summed E-state index contributed by atoms with van der Waals surface area (Å²) < 4.78 is 32.3. The Bertz CT molecular complexity index is 1100. The van der Waals surface area contributed by atoms with Crippen molar-refractivity contribution in [3.05, 3.63) is 65.2 Å². The average Bonchev–Trinajstić information content (AvgIpc) is 3.12. The third kappa shape index (κ3) is 3.04. The molecule has 0 saturated carbocycles. The van der Waals surface area contributed by atoms with E-state index in [0.717, 1.165) is 5.56 Å². The molecule has 4 rings (SSSR count). The second-order valence-corrected chi connectivity index (χ2v) is 10.6. The number of aryl methyl sites for hydroxylation is 1. The van der Waals surface area contributed by atoms with Crippen molar-refractivity contribution < 1.29 is 22.7 Å². The maximum absolute atomic E-state index is 13.4. The minimum absolute atomic E-state index is 0.0793. The number of Topliss-reactive ketones (excluding diaryl/α,β-unsaturated/α-hetero) is 1. The van der Waals surface area contributed by atoms with Crippen molar-refractivity contribution in [3.8, 4) is 0 Å². The van der Waals surface area contributed by atoms with Gasteiger partial charge in [0.25, 0.3) is 0 Å². The molecule has 3 unspecified atom stereocenters. The number of carbonyl (C=O) groups is 2. The summed E-state index contributed by atoms with van der Waals surface area (Å²) in [4.78, 5) is 27.6. The summed E-state index contributed by atoms with van der Waals surface area (Å²) in [5.41, 5.74) is 1.51. The third-order valence-corrected chi connectivity index (χ3v) is 7.40. The number of amides is 1. The average molecular weight is 413 g/mol. The molecule has 1 fully saturated rings. The van der Waals surface area contributed by atoms with Gasteiger partial charge in [0.15, 0.2) is 20.9 Å². The maximum atomic E-state index is 13.4. The summed E-state index contributed by atoms with van der Waals surface area (Å²) in [6.07, 6.45) is -0.682. The van der Waals surface area contributed by atoms with E-state index in [9.17, 15) is 18.0 Å². The van der Waals surface area contributed by atoms with Gasteiger partial charge in [-0.3, -0.25) is 9.69 Å². The Kier molecular flexibility index (Phi) is 4.35. The lowest BCUT2D eigenvalue weighted by Crippen LogP contribution is -2.37. The number of rotatable bonds is 2. The molecule has 2 aromatic carbocycles. The van der Waals surface area contributed by atoms with Crippen molar-refractivity contribution >= 4 is 21.7 Å². The highest BCUT2D eigenvalue weighted by atomic mass is 32.2. The summed E-state index contributed by atoms with van der Waals surface area (Å²) in [5, 5.41) is -1.35. The zero-order valence-electron chi connectivity index (χ0n) is 16.7. The molecule has 29 heavy (non-hydrogen) atoms. The molecule has 2 aliphatic heterocycles. The molecule has 2 aliphatic rings. The van der Waals surface area contributed by atoms with Gasteiger partial charge in [-0.15, -0.1) is 0 Å². The van der Waals surface area contributed by atoms with E-state index in [0.29, 0.717) is 11.1 Å². The maximum Gasteiger partial charge on any atom is 0.411 e. The van der Waals surface area contributed by atoms with Crippen LogP contribution in [0.1, 0.15) is 49.5 Å². The largest absolute Gasteiger partial charge is 0.444 e. The lowest BCUT2D eigenvalue weighted by atomic mass is 9.91. The van der Waals surface area contributed by atoms with Crippen LogP contribution in [-0.4, -0.2) is 36.0 Å². The van der Waals surface area contributed by atoms with Gasteiger partial charge in [-0.05, 0) is 51.0 Å². The van der Waals surface area contributed by atoms with Gasteiger partial charge in [0.1, 0.15) is 11.6 Å². The molecule has 0 aliphatic carbocycles. The minimum Gasteiger partial charge on any atom is -0.444 e. The highest BCUT2D eigenvalue weighted by molar-refractivity contribution is 7.93. The first kappa shape index (κ1) is 19.6. The highest BCUT2D eigenvalue weighted by Crippen LogP contribution is 2.54. The molecular weight excluding hydrogens is 390 g/mol. The number of carbonyl (C=O) groups excluding carboxylic acids is 2. The molecule has 0 spiro atoms. The molecule has 0 aromatic heterocycles. The van der Waals surface area contributed by atoms with E-state index in [1.54, 1.807) is 57.2 Å². The van der Waals surface area contributed by atoms with Crippen LogP contribution in [0.15, 0.2) is 53.4 Å². The topological polar surface area (TPSA) is 80.8 Å². The van der Waals surface area contributed by atoms with Gasteiger partial charge in [-0.2, -0.15) is 0 Å². The Balaban J connectivity index is 1.83. The van der Waals surface area contributed by atoms with E-state index in [1.807, 2.05) is 6.92 Å². The fourth-order valence-electron chi connectivity index (χ4n) is 4.13. The predicted molar refractivity (Wildman–Crippen MR) is 107 cm³/mol. The van der Waals surface area contributed by atoms with Gasteiger partial charge >= 0.3 is 6.09 Å². The Morgan fingerprint density at radius 2 is 1.59 bits per heavy atom. The summed E-state index contributed by atoms with van der Waals surface area (Å²) >= 11 is 0. The Labute approximate surface area is 170 Å². The van der Waals surface area contributed by atoms with Crippen molar-refractivity contribution in [2.45, 2.75) is 55.5 Å². The van der Waals surface area contributed by atoms with E-state index >= 15 is 0 Å². The minimum atomic E-state index is -3.99. The van der Waals surface area contributed by atoms with Crippen LogP contribution in [0.25, 0.3) is 0 Å². The van der Waals surface area contributed by atoms with E-state index in [1.165, 1.54) is 17.0 Å².